The van der Waals surface area contributed by atoms with Crippen molar-refractivity contribution in [3.05, 3.63) is 53.2 Å². The summed E-state index contributed by atoms with van der Waals surface area (Å²) < 4.78 is 0. The van der Waals surface area contributed by atoms with Gasteiger partial charge in [-0.25, -0.2) is 4.98 Å². The molecule has 0 fully saturated rings. The van der Waals surface area contributed by atoms with Crippen molar-refractivity contribution in [2.24, 2.45) is 0 Å². The van der Waals surface area contributed by atoms with E-state index in [0.29, 0.717) is 17.1 Å². The topological polar surface area (TPSA) is 65.9 Å². The van der Waals surface area contributed by atoms with E-state index >= 15 is 0 Å². The van der Waals surface area contributed by atoms with Crippen LogP contribution >= 0.6 is 0 Å². The molecular formula is C15H16N4. The van der Waals surface area contributed by atoms with E-state index in [0.717, 1.165) is 6.54 Å². The first-order valence-corrected chi connectivity index (χ1v) is 6.02. The van der Waals surface area contributed by atoms with Gasteiger partial charge >= 0.3 is 0 Å². The van der Waals surface area contributed by atoms with E-state index in [1.807, 2.05) is 18.0 Å². The molecule has 0 atom stereocenters. The highest BCUT2D eigenvalue weighted by atomic mass is 15.2. The minimum atomic E-state index is 0.477. The number of benzene rings is 1. The Bertz CT molecular complexity index is 611. The van der Waals surface area contributed by atoms with E-state index in [2.05, 4.69) is 36.2 Å². The van der Waals surface area contributed by atoms with Crippen molar-refractivity contribution in [3.63, 3.8) is 0 Å². The number of anilines is 2. The number of nitriles is 1. The van der Waals surface area contributed by atoms with Crippen molar-refractivity contribution < 1.29 is 0 Å². The highest BCUT2D eigenvalue weighted by molar-refractivity contribution is 5.64. The van der Waals surface area contributed by atoms with Gasteiger partial charge in [0.1, 0.15) is 6.07 Å². The van der Waals surface area contributed by atoms with E-state index < -0.39 is 0 Å². The first kappa shape index (κ1) is 12.9. The van der Waals surface area contributed by atoms with Crippen LogP contribution in [0.3, 0.4) is 0 Å². The van der Waals surface area contributed by atoms with Crippen LogP contribution in [0.4, 0.5) is 11.5 Å². The molecule has 0 saturated heterocycles. The molecule has 0 aliphatic rings. The lowest BCUT2D eigenvalue weighted by atomic mass is 10.1. The van der Waals surface area contributed by atoms with Gasteiger partial charge in [0, 0.05) is 19.8 Å². The van der Waals surface area contributed by atoms with E-state index in [1.165, 1.54) is 17.3 Å². The summed E-state index contributed by atoms with van der Waals surface area (Å²) in [6, 6.07) is 12.0. The molecule has 0 amide bonds. The van der Waals surface area contributed by atoms with Crippen molar-refractivity contribution in [1.29, 1.82) is 5.26 Å². The Hall–Kier alpha value is -2.54. The van der Waals surface area contributed by atoms with Gasteiger partial charge in [0.25, 0.3) is 0 Å². The molecule has 0 saturated carbocycles. The monoisotopic (exact) mass is 252 g/mol. The number of nitrogen functional groups attached to an aromatic ring is 1. The average molecular weight is 252 g/mol. The molecule has 1 heterocycles. The van der Waals surface area contributed by atoms with Gasteiger partial charge in [-0.3, -0.25) is 0 Å². The molecule has 0 radical (unpaired) electrons. The van der Waals surface area contributed by atoms with Crippen LogP contribution in [0.15, 0.2) is 36.5 Å². The molecule has 0 spiro atoms. The van der Waals surface area contributed by atoms with Crippen LogP contribution in [0.25, 0.3) is 0 Å². The first-order valence-electron chi connectivity index (χ1n) is 6.02. The van der Waals surface area contributed by atoms with Crippen LogP contribution in [-0.2, 0) is 6.54 Å². The van der Waals surface area contributed by atoms with Crippen LogP contribution in [0.2, 0.25) is 0 Å². The summed E-state index contributed by atoms with van der Waals surface area (Å²) >= 11 is 0. The molecule has 1 aromatic carbocycles. The van der Waals surface area contributed by atoms with E-state index in [1.54, 1.807) is 6.07 Å². The second-order valence-electron chi connectivity index (χ2n) is 4.59. The van der Waals surface area contributed by atoms with Crippen LogP contribution in [0.5, 0.6) is 0 Å². The van der Waals surface area contributed by atoms with Crippen LogP contribution in [0.1, 0.15) is 16.7 Å². The molecule has 4 nitrogen and oxygen atoms in total. The number of aryl methyl sites for hydroxylation is 1. The lowest BCUT2D eigenvalue weighted by Gasteiger charge is -2.20. The summed E-state index contributed by atoms with van der Waals surface area (Å²) in [6.45, 7) is 2.79. The Morgan fingerprint density at radius 2 is 2.00 bits per heavy atom. The van der Waals surface area contributed by atoms with E-state index in [9.17, 15) is 0 Å². The fraction of sp³-hybridized carbons (Fsp3) is 0.200. The highest BCUT2D eigenvalue weighted by Gasteiger charge is 2.08. The van der Waals surface area contributed by atoms with Crippen LogP contribution < -0.4 is 10.6 Å². The number of hydrogen-bond donors (Lipinski definition) is 1. The summed E-state index contributed by atoms with van der Waals surface area (Å²) in [6.07, 6.45) is 1.54. The number of pyridine rings is 1. The molecule has 0 aliphatic heterocycles. The smallest absolute Gasteiger partial charge is 0.151 e. The number of nitrogens with zero attached hydrogens (tertiary/aromatic N) is 3. The Morgan fingerprint density at radius 1 is 1.32 bits per heavy atom. The molecule has 4 heteroatoms. The number of nitrogens with two attached hydrogens (primary N) is 1. The van der Waals surface area contributed by atoms with Gasteiger partial charge in [0.15, 0.2) is 5.82 Å². The molecule has 96 valence electrons. The van der Waals surface area contributed by atoms with Crippen molar-refractivity contribution in [2.75, 3.05) is 17.7 Å². The fourth-order valence-corrected chi connectivity index (χ4v) is 1.90. The predicted octanol–water partition coefficient (Wildman–Crippen LogP) is 2.48. The second-order valence-corrected chi connectivity index (χ2v) is 4.59. The maximum Gasteiger partial charge on any atom is 0.151 e. The zero-order chi connectivity index (χ0) is 13.8. The van der Waals surface area contributed by atoms with Gasteiger partial charge in [0.2, 0.25) is 0 Å². The molecule has 0 unspecified atom stereocenters. The van der Waals surface area contributed by atoms with Crippen LogP contribution in [0, 0.1) is 18.3 Å². The molecule has 0 aliphatic carbocycles. The third-order valence-corrected chi connectivity index (χ3v) is 2.93. The normalized spacial score (nSPS) is 9.95. The largest absolute Gasteiger partial charge is 0.396 e. The molecule has 19 heavy (non-hydrogen) atoms. The highest BCUT2D eigenvalue weighted by Crippen LogP contribution is 2.21. The lowest BCUT2D eigenvalue weighted by Crippen LogP contribution is -2.19. The van der Waals surface area contributed by atoms with Gasteiger partial charge in [-0.05, 0) is 18.6 Å². The SMILES string of the molecule is Cc1ccc(CN(C)c2ncc(C#N)cc2N)cc1. The maximum absolute atomic E-state index is 8.79. The standard InChI is InChI=1S/C15H16N4/c1-11-3-5-12(6-4-11)10-19(2)15-14(17)7-13(8-16)9-18-15/h3-7,9H,10,17H2,1-2H3. The summed E-state index contributed by atoms with van der Waals surface area (Å²) in [5.74, 6) is 0.694. The van der Waals surface area contributed by atoms with E-state index in [-0.39, 0.29) is 0 Å². The minimum Gasteiger partial charge on any atom is -0.396 e. The van der Waals surface area contributed by atoms with Gasteiger partial charge in [-0.1, -0.05) is 29.8 Å². The zero-order valence-corrected chi connectivity index (χ0v) is 11.1. The Kier molecular flexibility index (Phi) is 3.67. The average Bonchev–Trinajstić information content (AvgIpc) is 2.41. The summed E-state index contributed by atoms with van der Waals surface area (Å²) in [4.78, 5) is 6.21. The van der Waals surface area contributed by atoms with Crippen molar-refractivity contribution in [2.45, 2.75) is 13.5 Å². The van der Waals surface area contributed by atoms with Crippen molar-refractivity contribution in [3.8, 4) is 6.07 Å². The van der Waals surface area contributed by atoms with Gasteiger partial charge < -0.3 is 10.6 Å². The third kappa shape index (κ3) is 3.02. The van der Waals surface area contributed by atoms with Gasteiger partial charge in [-0.2, -0.15) is 5.26 Å². The number of aromatic nitrogens is 1. The van der Waals surface area contributed by atoms with Gasteiger partial charge in [-0.15, -0.1) is 0 Å². The van der Waals surface area contributed by atoms with Gasteiger partial charge in [0.05, 0.1) is 11.3 Å². The minimum absolute atomic E-state index is 0.477. The maximum atomic E-state index is 8.79. The Morgan fingerprint density at radius 3 is 2.58 bits per heavy atom. The Balaban J connectivity index is 2.18. The molecule has 2 aromatic rings. The predicted molar refractivity (Wildman–Crippen MR) is 76.7 cm³/mol. The second kappa shape index (κ2) is 5.40. The number of hydrogen-bond acceptors (Lipinski definition) is 4. The van der Waals surface area contributed by atoms with E-state index in [4.69, 9.17) is 11.0 Å². The molecule has 1 aromatic heterocycles. The third-order valence-electron chi connectivity index (χ3n) is 2.93. The fourth-order valence-electron chi connectivity index (χ4n) is 1.90. The zero-order valence-electron chi connectivity index (χ0n) is 11.1. The number of rotatable bonds is 3. The lowest BCUT2D eigenvalue weighted by molar-refractivity contribution is 0.899. The first-order chi connectivity index (χ1) is 9.10. The summed E-state index contributed by atoms with van der Waals surface area (Å²) in [5, 5.41) is 8.79. The van der Waals surface area contributed by atoms with Crippen molar-refractivity contribution >= 4 is 11.5 Å². The summed E-state index contributed by atoms with van der Waals surface area (Å²) in [5.41, 5.74) is 9.35. The quantitative estimate of drug-likeness (QED) is 0.911. The molecular weight excluding hydrogens is 236 g/mol. The van der Waals surface area contributed by atoms with Crippen LogP contribution in [-0.4, -0.2) is 12.0 Å². The Labute approximate surface area is 113 Å². The molecule has 0 bridgehead atoms. The molecule has 2 rings (SSSR count). The van der Waals surface area contributed by atoms with Crippen molar-refractivity contribution in [1.82, 2.24) is 4.98 Å². The molecule has 2 N–H and O–H groups in total. The summed E-state index contributed by atoms with van der Waals surface area (Å²) in [7, 11) is 1.94.